The minimum absolute atomic E-state index is 0.121. The highest BCUT2D eigenvalue weighted by atomic mass is 16.7. The highest BCUT2D eigenvalue weighted by molar-refractivity contribution is 5.89. The van der Waals surface area contributed by atoms with Gasteiger partial charge in [-0.25, -0.2) is 4.79 Å². The largest absolute Gasteiger partial charge is 0.456 e. The Morgan fingerprint density at radius 3 is 2.50 bits per heavy atom. The van der Waals surface area contributed by atoms with E-state index in [4.69, 9.17) is 18.9 Å². The van der Waals surface area contributed by atoms with Gasteiger partial charge < -0.3 is 18.9 Å². The Morgan fingerprint density at radius 2 is 1.73 bits per heavy atom. The number of benzene rings is 2. The lowest BCUT2D eigenvalue weighted by atomic mass is 10.0. The second kappa shape index (κ2) is 7.58. The van der Waals surface area contributed by atoms with E-state index in [1.54, 1.807) is 12.1 Å². The zero-order valence-electron chi connectivity index (χ0n) is 14.7. The van der Waals surface area contributed by atoms with Gasteiger partial charge in [0.25, 0.3) is 0 Å². The van der Waals surface area contributed by atoms with Crippen molar-refractivity contribution in [1.29, 1.82) is 0 Å². The van der Waals surface area contributed by atoms with Crippen molar-refractivity contribution in [3.05, 3.63) is 71.3 Å². The Bertz CT molecular complexity index is 743. The highest BCUT2D eigenvalue weighted by Crippen LogP contribution is 2.32. The fourth-order valence-electron chi connectivity index (χ4n) is 3.27. The van der Waals surface area contributed by atoms with E-state index in [2.05, 4.69) is 0 Å². The standard InChI is InChI=1S/C21H22O5/c1-14-7-9-15(10-8-14)20(22)25-17-11-18-19(23-12-17)13-24-21(26-18)16-5-3-2-4-6-16/h2-10,17-19,21H,11-13H2,1H3/t17-,18-,19-,21-/m0/s1. The lowest BCUT2D eigenvalue weighted by Crippen LogP contribution is -2.50. The lowest BCUT2D eigenvalue weighted by molar-refractivity contribution is -0.287. The van der Waals surface area contributed by atoms with Crippen LogP contribution >= 0.6 is 0 Å². The van der Waals surface area contributed by atoms with E-state index < -0.39 is 6.29 Å². The maximum absolute atomic E-state index is 12.3. The summed E-state index contributed by atoms with van der Waals surface area (Å²) >= 11 is 0. The molecule has 2 fully saturated rings. The van der Waals surface area contributed by atoms with Crippen LogP contribution in [-0.4, -0.2) is 37.5 Å². The van der Waals surface area contributed by atoms with Crippen LogP contribution in [0.3, 0.4) is 0 Å². The molecule has 5 nitrogen and oxygen atoms in total. The first-order valence-electron chi connectivity index (χ1n) is 8.90. The van der Waals surface area contributed by atoms with Crippen LogP contribution in [0.1, 0.15) is 34.2 Å². The average molecular weight is 354 g/mol. The summed E-state index contributed by atoms with van der Waals surface area (Å²) < 4.78 is 23.3. The molecule has 136 valence electrons. The minimum Gasteiger partial charge on any atom is -0.456 e. The molecule has 0 aromatic heterocycles. The summed E-state index contributed by atoms with van der Waals surface area (Å²) in [6.45, 7) is 2.82. The molecule has 0 N–H and O–H groups in total. The molecule has 4 atom stereocenters. The van der Waals surface area contributed by atoms with Crippen molar-refractivity contribution in [3.63, 3.8) is 0 Å². The Balaban J connectivity index is 1.37. The topological polar surface area (TPSA) is 54.0 Å². The molecule has 2 heterocycles. The van der Waals surface area contributed by atoms with Crippen LogP contribution in [0.2, 0.25) is 0 Å². The number of hydrogen-bond acceptors (Lipinski definition) is 5. The first-order valence-corrected chi connectivity index (χ1v) is 8.90. The number of ether oxygens (including phenoxy) is 4. The summed E-state index contributed by atoms with van der Waals surface area (Å²) in [6.07, 6.45) is -0.399. The molecule has 2 aliphatic rings. The monoisotopic (exact) mass is 354 g/mol. The highest BCUT2D eigenvalue weighted by Gasteiger charge is 2.39. The van der Waals surface area contributed by atoms with Crippen LogP contribution in [-0.2, 0) is 18.9 Å². The fourth-order valence-corrected chi connectivity index (χ4v) is 3.27. The smallest absolute Gasteiger partial charge is 0.338 e. The van der Waals surface area contributed by atoms with Gasteiger partial charge in [0.1, 0.15) is 12.2 Å². The second-order valence-electron chi connectivity index (χ2n) is 6.75. The molecule has 4 rings (SSSR count). The van der Waals surface area contributed by atoms with Gasteiger partial charge in [-0.1, -0.05) is 48.0 Å². The van der Waals surface area contributed by atoms with E-state index in [9.17, 15) is 4.79 Å². The summed E-state index contributed by atoms with van der Waals surface area (Å²) in [5, 5.41) is 0. The summed E-state index contributed by atoms with van der Waals surface area (Å²) in [7, 11) is 0. The molecule has 26 heavy (non-hydrogen) atoms. The Kier molecular flexibility index (Phi) is 5.02. The minimum atomic E-state index is -0.410. The van der Waals surface area contributed by atoms with Crippen LogP contribution < -0.4 is 0 Å². The molecule has 0 spiro atoms. The zero-order valence-corrected chi connectivity index (χ0v) is 14.7. The maximum Gasteiger partial charge on any atom is 0.338 e. The number of esters is 1. The summed E-state index contributed by atoms with van der Waals surface area (Å²) in [5.74, 6) is -0.330. The second-order valence-corrected chi connectivity index (χ2v) is 6.75. The van der Waals surface area contributed by atoms with Gasteiger partial charge in [0.15, 0.2) is 6.29 Å². The average Bonchev–Trinajstić information content (AvgIpc) is 2.68. The molecule has 5 heteroatoms. The number of hydrogen-bond donors (Lipinski definition) is 0. The predicted octanol–water partition coefficient (Wildman–Crippen LogP) is 3.42. The normalized spacial score (nSPS) is 28.2. The predicted molar refractivity (Wildman–Crippen MR) is 94.7 cm³/mol. The Morgan fingerprint density at radius 1 is 0.962 bits per heavy atom. The van der Waals surface area contributed by atoms with E-state index in [-0.39, 0.29) is 24.3 Å². The van der Waals surface area contributed by atoms with Crippen molar-refractivity contribution in [2.24, 2.45) is 0 Å². The summed E-state index contributed by atoms with van der Waals surface area (Å²) in [4.78, 5) is 12.3. The first-order chi connectivity index (χ1) is 12.7. The summed E-state index contributed by atoms with van der Waals surface area (Å²) in [5.41, 5.74) is 2.63. The van der Waals surface area contributed by atoms with Crippen molar-refractivity contribution >= 4 is 5.97 Å². The first kappa shape index (κ1) is 17.2. The van der Waals surface area contributed by atoms with E-state index in [1.807, 2.05) is 49.4 Å². The molecule has 0 amide bonds. The number of aryl methyl sites for hydroxylation is 1. The van der Waals surface area contributed by atoms with Crippen molar-refractivity contribution < 1.29 is 23.7 Å². The third-order valence-corrected chi connectivity index (χ3v) is 4.75. The Labute approximate surface area is 152 Å². The van der Waals surface area contributed by atoms with Gasteiger partial charge in [-0.05, 0) is 19.1 Å². The molecule has 0 bridgehead atoms. The molecule has 0 aliphatic carbocycles. The van der Waals surface area contributed by atoms with E-state index in [0.29, 0.717) is 25.2 Å². The molecule has 0 saturated carbocycles. The van der Waals surface area contributed by atoms with Crippen LogP contribution in [0.5, 0.6) is 0 Å². The van der Waals surface area contributed by atoms with Gasteiger partial charge in [0.05, 0.1) is 24.9 Å². The summed E-state index contributed by atoms with van der Waals surface area (Å²) in [6, 6.07) is 17.2. The van der Waals surface area contributed by atoms with Gasteiger partial charge in [-0.2, -0.15) is 0 Å². The SMILES string of the molecule is Cc1ccc(C(=O)O[C@@H]2CO[C@H]3CO[C@H](c4ccccc4)O[C@H]3C2)cc1. The number of rotatable bonds is 3. The fraction of sp³-hybridized carbons (Fsp3) is 0.381. The Hall–Kier alpha value is -2.21. The number of carbonyl (C=O) groups is 1. The van der Waals surface area contributed by atoms with Gasteiger partial charge in [0, 0.05) is 12.0 Å². The van der Waals surface area contributed by atoms with Crippen LogP contribution in [0, 0.1) is 6.92 Å². The van der Waals surface area contributed by atoms with Crippen LogP contribution in [0.25, 0.3) is 0 Å². The van der Waals surface area contributed by atoms with Crippen molar-refractivity contribution in [2.75, 3.05) is 13.2 Å². The van der Waals surface area contributed by atoms with Crippen molar-refractivity contribution in [3.8, 4) is 0 Å². The number of carbonyl (C=O) groups excluding carboxylic acids is 1. The molecular weight excluding hydrogens is 332 g/mol. The van der Waals surface area contributed by atoms with Crippen LogP contribution in [0.4, 0.5) is 0 Å². The molecule has 2 aromatic rings. The maximum atomic E-state index is 12.3. The van der Waals surface area contributed by atoms with Crippen molar-refractivity contribution in [1.82, 2.24) is 0 Å². The third kappa shape index (κ3) is 3.80. The van der Waals surface area contributed by atoms with Gasteiger partial charge in [0.2, 0.25) is 0 Å². The quantitative estimate of drug-likeness (QED) is 0.791. The molecule has 2 saturated heterocycles. The molecular formula is C21H22O5. The van der Waals surface area contributed by atoms with Crippen LogP contribution in [0.15, 0.2) is 54.6 Å². The van der Waals surface area contributed by atoms with Gasteiger partial charge >= 0.3 is 5.97 Å². The molecule has 2 aromatic carbocycles. The molecule has 2 aliphatic heterocycles. The van der Waals surface area contributed by atoms with Gasteiger partial charge in [-0.3, -0.25) is 0 Å². The molecule has 0 unspecified atom stereocenters. The van der Waals surface area contributed by atoms with E-state index in [0.717, 1.165) is 11.1 Å². The number of fused-ring (bicyclic) bond motifs is 1. The zero-order chi connectivity index (χ0) is 17.9. The van der Waals surface area contributed by atoms with E-state index >= 15 is 0 Å². The van der Waals surface area contributed by atoms with Gasteiger partial charge in [-0.15, -0.1) is 0 Å². The third-order valence-electron chi connectivity index (χ3n) is 4.75. The lowest BCUT2D eigenvalue weighted by Gasteiger charge is -2.41. The molecule has 0 radical (unpaired) electrons. The van der Waals surface area contributed by atoms with Crippen molar-refractivity contribution in [2.45, 2.75) is 37.9 Å². The van der Waals surface area contributed by atoms with E-state index in [1.165, 1.54) is 0 Å².